The van der Waals surface area contributed by atoms with E-state index < -0.39 is 11.7 Å². The van der Waals surface area contributed by atoms with E-state index in [1.807, 2.05) is 18.2 Å². The maximum atomic E-state index is 12.4. The Labute approximate surface area is 138 Å². The Hall–Kier alpha value is -3.28. The molecule has 2 N–H and O–H groups in total. The normalized spacial score (nSPS) is 10.4. The second-order valence-corrected chi connectivity index (χ2v) is 5.10. The minimum absolute atomic E-state index is 0.337. The molecule has 1 heterocycles. The van der Waals surface area contributed by atoms with Crippen LogP contribution in [0.15, 0.2) is 48.7 Å². The van der Waals surface area contributed by atoms with E-state index in [9.17, 15) is 9.59 Å². The smallest absolute Gasteiger partial charge is 0.296 e. The van der Waals surface area contributed by atoms with Crippen LogP contribution in [0.3, 0.4) is 0 Å². The van der Waals surface area contributed by atoms with Crippen molar-refractivity contribution < 1.29 is 19.1 Å². The molecule has 0 unspecified atom stereocenters. The van der Waals surface area contributed by atoms with Gasteiger partial charge in [-0.15, -0.1) is 0 Å². The Bertz CT molecular complexity index is 914. The minimum Gasteiger partial charge on any atom is -0.493 e. The molecular formula is C18H16N2O4. The summed E-state index contributed by atoms with van der Waals surface area (Å²) in [6, 6.07) is 12.2. The number of aromatic amines is 1. The van der Waals surface area contributed by atoms with E-state index in [0.717, 1.165) is 5.52 Å². The molecule has 0 atom stereocenters. The molecule has 1 amide bonds. The topological polar surface area (TPSA) is 80.4 Å². The molecule has 0 fully saturated rings. The van der Waals surface area contributed by atoms with Crippen molar-refractivity contribution in [2.45, 2.75) is 0 Å². The third-order valence-corrected chi connectivity index (χ3v) is 3.68. The highest BCUT2D eigenvalue weighted by atomic mass is 16.5. The number of carbonyl (C=O) groups is 2. The number of nitrogens with one attached hydrogen (secondary N) is 2. The lowest BCUT2D eigenvalue weighted by molar-refractivity contribution is -0.112. The zero-order valence-corrected chi connectivity index (χ0v) is 13.3. The highest BCUT2D eigenvalue weighted by Crippen LogP contribution is 2.29. The molecule has 0 saturated heterocycles. The van der Waals surface area contributed by atoms with Crippen molar-refractivity contribution in [3.63, 3.8) is 0 Å². The average molecular weight is 324 g/mol. The number of hydrogen-bond acceptors (Lipinski definition) is 4. The fourth-order valence-corrected chi connectivity index (χ4v) is 2.48. The molecule has 1 aromatic heterocycles. The van der Waals surface area contributed by atoms with E-state index in [1.54, 1.807) is 30.5 Å². The maximum Gasteiger partial charge on any atom is 0.296 e. The molecule has 0 aliphatic carbocycles. The van der Waals surface area contributed by atoms with Crippen molar-refractivity contribution in [3.8, 4) is 11.5 Å². The number of rotatable bonds is 5. The van der Waals surface area contributed by atoms with Gasteiger partial charge in [0, 0.05) is 28.9 Å². The number of hydrogen-bond donors (Lipinski definition) is 2. The summed E-state index contributed by atoms with van der Waals surface area (Å²) in [5.41, 5.74) is 1.59. The summed E-state index contributed by atoms with van der Waals surface area (Å²) in [5, 5.41) is 3.30. The molecular weight excluding hydrogens is 308 g/mol. The largest absolute Gasteiger partial charge is 0.493 e. The van der Waals surface area contributed by atoms with Crippen LogP contribution in [0.1, 0.15) is 10.4 Å². The monoisotopic (exact) mass is 324 g/mol. The predicted molar refractivity (Wildman–Crippen MR) is 90.8 cm³/mol. The van der Waals surface area contributed by atoms with Crippen LogP contribution in [-0.4, -0.2) is 30.9 Å². The van der Waals surface area contributed by atoms with Gasteiger partial charge in [0.25, 0.3) is 11.7 Å². The highest BCUT2D eigenvalue weighted by molar-refractivity contribution is 6.48. The first kappa shape index (κ1) is 15.6. The van der Waals surface area contributed by atoms with Crippen LogP contribution in [0.4, 0.5) is 5.69 Å². The number of ether oxygens (including phenoxy) is 2. The number of anilines is 1. The van der Waals surface area contributed by atoms with Crippen LogP contribution in [-0.2, 0) is 4.79 Å². The first-order valence-corrected chi connectivity index (χ1v) is 7.28. The zero-order chi connectivity index (χ0) is 17.1. The van der Waals surface area contributed by atoms with Gasteiger partial charge in [0.1, 0.15) is 0 Å². The molecule has 2 aromatic carbocycles. The SMILES string of the molecule is COc1ccc(NC(=O)C(=O)c2c[nH]c3ccccc23)cc1OC. The molecule has 6 nitrogen and oxygen atoms in total. The second kappa shape index (κ2) is 6.45. The van der Waals surface area contributed by atoms with E-state index in [0.29, 0.717) is 28.1 Å². The van der Waals surface area contributed by atoms with Gasteiger partial charge in [-0.25, -0.2) is 0 Å². The zero-order valence-electron chi connectivity index (χ0n) is 13.3. The summed E-state index contributed by atoms with van der Waals surface area (Å²) < 4.78 is 10.3. The van der Waals surface area contributed by atoms with Crippen LogP contribution in [0.25, 0.3) is 10.9 Å². The number of ketones is 1. The number of benzene rings is 2. The van der Waals surface area contributed by atoms with Gasteiger partial charge in [-0.05, 0) is 18.2 Å². The summed E-state index contributed by atoms with van der Waals surface area (Å²) >= 11 is 0. The standard InChI is InChI=1S/C18H16N2O4/c1-23-15-8-7-11(9-16(15)24-2)20-18(22)17(21)13-10-19-14-6-4-3-5-12(13)14/h3-10,19H,1-2H3,(H,20,22). The van der Waals surface area contributed by atoms with E-state index in [1.165, 1.54) is 14.2 Å². The van der Waals surface area contributed by atoms with Gasteiger partial charge in [-0.1, -0.05) is 18.2 Å². The number of carbonyl (C=O) groups excluding carboxylic acids is 2. The first-order valence-electron chi connectivity index (χ1n) is 7.28. The Balaban J connectivity index is 1.83. The number of amides is 1. The van der Waals surface area contributed by atoms with Crippen LogP contribution in [0, 0.1) is 0 Å². The lowest BCUT2D eigenvalue weighted by atomic mass is 10.1. The Morgan fingerprint density at radius 2 is 1.75 bits per heavy atom. The Kier molecular flexibility index (Phi) is 4.20. The Morgan fingerprint density at radius 3 is 2.50 bits per heavy atom. The van der Waals surface area contributed by atoms with Gasteiger partial charge >= 0.3 is 0 Å². The molecule has 3 aromatic rings. The van der Waals surface area contributed by atoms with Gasteiger partial charge in [0.2, 0.25) is 0 Å². The summed E-state index contributed by atoms with van der Waals surface area (Å²) in [5.74, 6) is -0.317. The van der Waals surface area contributed by atoms with Crippen LogP contribution in [0.5, 0.6) is 11.5 Å². The van der Waals surface area contributed by atoms with Crippen molar-refractivity contribution in [2.75, 3.05) is 19.5 Å². The molecule has 0 bridgehead atoms. The predicted octanol–water partition coefficient (Wildman–Crippen LogP) is 3.01. The van der Waals surface area contributed by atoms with Crippen molar-refractivity contribution in [3.05, 3.63) is 54.2 Å². The van der Waals surface area contributed by atoms with Gasteiger partial charge in [0.15, 0.2) is 11.5 Å². The molecule has 6 heteroatoms. The molecule has 0 saturated carbocycles. The van der Waals surface area contributed by atoms with Gasteiger partial charge in [-0.3, -0.25) is 9.59 Å². The van der Waals surface area contributed by atoms with Gasteiger partial charge in [0.05, 0.1) is 19.8 Å². The van der Waals surface area contributed by atoms with Crippen LogP contribution < -0.4 is 14.8 Å². The summed E-state index contributed by atoms with van der Waals surface area (Å²) in [4.78, 5) is 27.7. The van der Waals surface area contributed by atoms with E-state index >= 15 is 0 Å². The lowest BCUT2D eigenvalue weighted by Gasteiger charge is -2.10. The third-order valence-electron chi connectivity index (χ3n) is 3.68. The number of aromatic nitrogens is 1. The van der Waals surface area contributed by atoms with E-state index in [2.05, 4.69) is 10.3 Å². The van der Waals surface area contributed by atoms with Crippen LogP contribution >= 0.6 is 0 Å². The molecule has 0 aliphatic heterocycles. The number of fused-ring (bicyclic) bond motifs is 1. The van der Waals surface area contributed by atoms with E-state index in [-0.39, 0.29) is 0 Å². The van der Waals surface area contributed by atoms with E-state index in [4.69, 9.17) is 9.47 Å². The number of Topliss-reactive ketones (excluding diaryl/α,β-unsaturated/α-hetero) is 1. The summed E-state index contributed by atoms with van der Waals surface area (Å²) in [6.07, 6.45) is 1.54. The third kappa shape index (κ3) is 2.81. The Morgan fingerprint density at radius 1 is 1.00 bits per heavy atom. The molecule has 0 spiro atoms. The fraction of sp³-hybridized carbons (Fsp3) is 0.111. The van der Waals surface area contributed by atoms with Gasteiger partial charge < -0.3 is 19.8 Å². The number of methoxy groups -OCH3 is 2. The fourth-order valence-electron chi connectivity index (χ4n) is 2.48. The summed E-state index contributed by atoms with van der Waals surface area (Å²) in [6.45, 7) is 0. The number of H-pyrrole nitrogens is 1. The quantitative estimate of drug-likeness (QED) is 0.558. The van der Waals surface area contributed by atoms with Crippen molar-refractivity contribution >= 4 is 28.3 Å². The molecule has 24 heavy (non-hydrogen) atoms. The second-order valence-electron chi connectivity index (χ2n) is 5.10. The summed E-state index contributed by atoms with van der Waals surface area (Å²) in [7, 11) is 3.02. The lowest BCUT2D eigenvalue weighted by Crippen LogP contribution is -2.22. The highest BCUT2D eigenvalue weighted by Gasteiger charge is 2.20. The van der Waals surface area contributed by atoms with Crippen molar-refractivity contribution in [2.24, 2.45) is 0 Å². The van der Waals surface area contributed by atoms with Gasteiger partial charge in [-0.2, -0.15) is 0 Å². The molecule has 0 aliphatic rings. The van der Waals surface area contributed by atoms with Crippen molar-refractivity contribution in [1.29, 1.82) is 0 Å². The number of para-hydroxylation sites is 1. The molecule has 122 valence electrons. The maximum absolute atomic E-state index is 12.4. The molecule has 0 radical (unpaired) electrons. The molecule has 3 rings (SSSR count). The van der Waals surface area contributed by atoms with Crippen LogP contribution in [0.2, 0.25) is 0 Å². The van der Waals surface area contributed by atoms with Crippen molar-refractivity contribution in [1.82, 2.24) is 4.98 Å². The minimum atomic E-state index is -0.716. The first-order chi connectivity index (χ1) is 11.6. The average Bonchev–Trinajstić information content (AvgIpc) is 3.04.